The third kappa shape index (κ3) is 3.50. The van der Waals surface area contributed by atoms with Crippen LogP contribution in [0.15, 0.2) is 22.0 Å². The minimum absolute atomic E-state index is 0.0423. The number of carbonyl (C=O) groups is 1. The van der Waals surface area contributed by atoms with Gasteiger partial charge in [-0.15, -0.1) is 10.2 Å². The minimum Gasteiger partial charge on any atom is -0.534 e. The van der Waals surface area contributed by atoms with Crippen molar-refractivity contribution in [3.63, 3.8) is 0 Å². The highest BCUT2D eigenvalue weighted by Gasteiger charge is 2.39. The van der Waals surface area contributed by atoms with Crippen LogP contribution in [-0.2, 0) is 6.42 Å². The Kier molecular flexibility index (Phi) is 5.27. The van der Waals surface area contributed by atoms with E-state index in [2.05, 4.69) is 10.2 Å². The number of benzene rings is 1. The van der Waals surface area contributed by atoms with Gasteiger partial charge in [0.2, 0.25) is 0 Å². The van der Waals surface area contributed by atoms with Gasteiger partial charge in [0.05, 0.1) is 11.8 Å². The molecule has 2 aromatic rings. The summed E-state index contributed by atoms with van der Waals surface area (Å²) >= 11 is 2.75. The Bertz CT molecular complexity index is 728. The molecule has 0 radical (unpaired) electrons. The second-order valence-corrected chi connectivity index (χ2v) is 7.47. The van der Waals surface area contributed by atoms with Crippen molar-refractivity contribution in [1.82, 2.24) is 10.2 Å². The molecule has 0 amide bonds. The number of thioether (sulfide) groups is 1. The Hall–Kier alpha value is -1.78. The van der Waals surface area contributed by atoms with Crippen molar-refractivity contribution in [2.75, 3.05) is 6.61 Å². The largest absolute Gasteiger partial charge is 0.537 e. The Balaban J connectivity index is 1.89. The standard InChI is InChI=1S/C14H15BN2O5S2/c1-2-5-21-9-4-3-8-6-10(24-14-17-16-7-23-14)15(20)22-12(8)11(9)13(18)19/h3-4,7,10,20H,2,5-6H2,1H3,(H,18,19)/t10-/m0/s1. The molecule has 0 aliphatic carbocycles. The van der Waals surface area contributed by atoms with Crippen LogP contribution in [0.25, 0.3) is 0 Å². The van der Waals surface area contributed by atoms with Crippen LogP contribution in [0.3, 0.4) is 0 Å². The van der Waals surface area contributed by atoms with E-state index in [9.17, 15) is 14.9 Å². The second kappa shape index (κ2) is 7.41. The lowest BCUT2D eigenvalue weighted by atomic mass is 9.77. The third-order valence-electron chi connectivity index (χ3n) is 3.45. The Morgan fingerprint density at radius 3 is 3.08 bits per heavy atom. The van der Waals surface area contributed by atoms with Gasteiger partial charge < -0.3 is 19.5 Å². The number of ether oxygens (including phenoxy) is 1. The van der Waals surface area contributed by atoms with E-state index in [4.69, 9.17) is 9.39 Å². The SMILES string of the molecule is CCCOc1ccc2c(c1C(=O)O)OB(O)[C@@H](Sc1nncs1)C2. The number of aromatic carboxylic acids is 1. The van der Waals surface area contributed by atoms with E-state index in [-0.39, 0.29) is 22.2 Å². The Labute approximate surface area is 147 Å². The van der Waals surface area contributed by atoms with Crippen LogP contribution in [0.4, 0.5) is 0 Å². The number of nitrogens with zero attached hydrogens (tertiary/aromatic N) is 2. The van der Waals surface area contributed by atoms with E-state index in [0.29, 0.717) is 13.0 Å². The fourth-order valence-corrected chi connectivity index (χ4v) is 4.18. The molecular formula is C14H15BN2O5S2. The van der Waals surface area contributed by atoms with Crippen molar-refractivity contribution in [2.45, 2.75) is 29.3 Å². The Morgan fingerprint density at radius 2 is 2.42 bits per heavy atom. The monoisotopic (exact) mass is 366 g/mol. The average molecular weight is 366 g/mol. The lowest BCUT2D eigenvalue weighted by molar-refractivity contribution is 0.0689. The molecule has 0 spiro atoms. The number of aromatic nitrogens is 2. The van der Waals surface area contributed by atoms with Crippen molar-refractivity contribution in [3.8, 4) is 11.5 Å². The van der Waals surface area contributed by atoms with Gasteiger partial charge in [0.25, 0.3) is 0 Å². The first-order chi connectivity index (χ1) is 11.6. The normalized spacial score (nSPS) is 16.4. The van der Waals surface area contributed by atoms with Gasteiger partial charge in [-0.25, -0.2) is 4.79 Å². The summed E-state index contributed by atoms with van der Waals surface area (Å²) < 4.78 is 11.8. The molecule has 0 unspecified atom stereocenters. The van der Waals surface area contributed by atoms with Gasteiger partial charge in [0.15, 0.2) is 4.34 Å². The fraction of sp³-hybridized carbons (Fsp3) is 0.357. The molecule has 10 heteroatoms. The number of hydrogen-bond acceptors (Lipinski definition) is 8. The van der Waals surface area contributed by atoms with E-state index >= 15 is 0 Å². The predicted molar refractivity (Wildman–Crippen MR) is 91.0 cm³/mol. The molecule has 0 fully saturated rings. The van der Waals surface area contributed by atoms with Gasteiger partial charge >= 0.3 is 13.1 Å². The predicted octanol–water partition coefficient (Wildman–Crippen LogP) is 2.14. The first-order valence-corrected chi connectivity index (χ1v) is 9.15. The first-order valence-electron chi connectivity index (χ1n) is 7.39. The maximum atomic E-state index is 11.6. The molecule has 0 bridgehead atoms. The quantitative estimate of drug-likeness (QED) is 0.750. The van der Waals surface area contributed by atoms with Gasteiger partial charge in [0.1, 0.15) is 22.6 Å². The van der Waals surface area contributed by atoms with Crippen LogP contribution < -0.4 is 9.39 Å². The smallest absolute Gasteiger partial charge is 0.534 e. The van der Waals surface area contributed by atoms with Crippen LogP contribution in [0.5, 0.6) is 11.5 Å². The molecule has 24 heavy (non-hydrogen) atoms. The average Bonchev–Trinajstić information content (AvgIpc) is 3.06. The third-order valence-corrected chi connectivity index (χ3v) is 5.49. The number of carboxylic acid groups (broad SMARTS) is 1. The van der Waals surface area contributed by atoms with Crippen LogP contribution in [0.1, 0.15) is 29.3 Å². The molecule has 2 N–H and O–H groups in total. The topological polar surface area (TPSA) is 102 Å². The summed E-state index contributed by atoms with van der Waals surface area (Å²) in [5, 5.41) is 27.2. The molecule has 1 aliphatic rings. The van der Waals surface area contributed by atoms with Crippen LogP contribution >= 0.6 is 23.1 Å². The zero-order chi connectivity index (χ0) is 17.1. The van der Waals surface area contributed by atoms with Gasteiger partial charge in [-0.05, 0) is 24.5 Å². The number of hydrogen-bond donors (Lipinski definition) is 2. The molecule has 1 aromatic carbocycles. The van der Waals surface area contributed by atoms with Crippen LogP contribution in [-0.4, -0.2) is 45.2 Å². The van der Waals surface area contributed by atoms with E-state index in [1.165, 1.54) is 23.1 Å². The summed E-state index contributed by atoms with van der Waals surface area (Å²) in [6, 6.07) is 3.43. The van der Waals surface area contributed by atoms with Crippen molar-refractivity contribution >= 4 is 36.2 Å². The zero-order valence-electron chi connectivity index (χ0n) is 12.8. The highest BCUT2D eigenvalue weighted by atomic mass is 32.2. The summed E-state index contributed by atoms with van der Waals surface area (Å²) in [5.74, 6) is -0.705. The minimum atomic E-state index is -1.14. The van der Waals surface area contributed by atoms with Crippen LogP contribution in [0, 0.1) is 0 Å². The van der Waals surface area contributed by atoms with E-state index in [1.807, 2.05) is 6.92 Å². The lowest BCUT2D eigenvalue weighted by Gasteiger charge is -2.28. The van der Waals surface area contributed by atoms with Crippen molar-refractivity contribution in [1.29, 1.82) is 0 Å². The summed E-state index contributed by atoms with van der Waals surface area (Å²) in [6.45, 7) is 2.35. The fourth-order valence-electron chi connectivity index (χ4n) is 2.40. The summed E-state index contributed by atoms with van der Waals surface area (Å²) in [7, 11) is -1.13. The molecule has 1 atom stereocenters. The van der Waals surface area contributed by atoms with E-state index < -0.39 is 13.1 Å². The number of fused-ring (bicyclic) bond motifs is 1. The summed E-state index contributed by atoms with van der Waals surface area (Å²) in [6.07, 6.45) is 1.23. The van der Waals surface area contributed by atoms with Crippen LogP contribution in [0.2, 0.25) is 0 Å². The lowest BCUT2D eigenvalue weighted by Crippen LogP contribution is -2.40. The molecule has 1 aliphatic heterocycles. The molecule has 3 rings (SSSR count). The van der Waals surface area contributed by atoms with Gasteiger partial charge in [-0.2, -0.15) is 0 Å². The highest BCUT2D eigenvalue weighted by molar-refractivity contribution is 8.02. The zero-order valence-corrected chi connectivity index (χ0v) is 14.5. The number of rotatable bonds is 6. The van der Waals surface area contributed by atoms with Crippen molar-refractivity contribution in [2.24, 2.45) is 0 Å². The summed E-state index contributed by atoms with van der Waals surface area (Å²) in [4.78, 5) is 11.6. The van der Waals surface area contributed by atoms with Gasteiger partial charge in [-0.1, -0.05) is 36.1 Å². The molecule has 2 heterocycles. The maximum Gasteiger partial charge on any atom is 0.537 e. The molecule has 0 saturated heterocycles. The molecule has 0 saturated carbocycles. The molecule has 1 aromatic heterocycles. The van der Waals surface area contributed by atoms with E-state index in [1.54, 1.807) is 17.6 Å². The molecule has 126 valence electrons. The van der Waals surface area contributed by atoms with E-state index in [0.717, 1.165) is 16.3 Å². The Morgan fingerprint density at radius 1 is 1.58 bits per heavy atom. The second-order valence-electron chi connectivity index (χ2n) is 5.15. The molecular weight excluding hydrogens is 351 g/mol. The van der Waals surface area contributed by atoms with Crippen molar-refractivity contribution < 1.29 is 24.3 Å². The highest BCUT2D eigenvalue weighted by Crippen LogP contribution is 2.40. The van der Waals surface area contributed by atoms with Crippen molar-refractivity contribution in [3.05, 3.63) is 28.8 Å². The maximum absolute atomic E-state index is 11.6. The summed E-state index contributed by atoms with van der Waals surface area (Å²) in [5.41, 5.74) is 2.30. The van der Waals surface area contributed by atoms with Gasteiger partial charge in [-0.3, -0.25) is 0 Å². The first kappa shape index (κ1) is 17.1. The number of carboxylic acids is 1. The van der Waals surface area contributed by atoms with Gasteiger partial charge in [0, 0.05) is 0 Å². The molecule has 7 nitrogen and oxygen atoms in total.